The summed E-state index contributed by atoms with van der Waals surface area (Å²) in [6, 6.07) is 3.10. The van der Waals surface area contributed by atoms with Gasteiger partial charge in [0.25, 0.3) is 0 Å². The van der Waals surface area contributed by atoms with Gasteiger partial charge in [0.15, 0.2) is 0 Å². The van der Waals surface area contributed by atoms with Gasteiger partial charge in [0.05, 0.1) is 18.3 Å². The predicted molar refractivity (Wildman–Crippen MR) is 80.5 cm³/mol. The molecule has 0 aromatic heterocycles. The molecule has 2 fully saturated rings. The van der Waals surface area contributed by atoms with Gasteiger partial charge in [0, 0.05) is 19.1 Å². The van der Waals surface area contributed by atoms with Crippen LogP contribution in [0.4, 0.5) is 0 Å². The molecule has 2 aliphatic rings. The Hall–Kier alpha value is -0.630. The summed E-state index contributed by atoms with van der Waals surface area (Å²) in [6.45, 7) is 10.2. The van der Waals surface area contributed by atoms with E-state index >= 15 is 0 Å². The highest BCUT2D eigenvalue weighted by Gasteiger charge is 2.40. The van der Waals surface area contributed by atoms with E-state index in [0.717, 1.165) is 51.9 Å². The summed E-state index contributed by atoms with van der Waals surface area (Å²) in [5.41, 5.74) is -0.358. The second-order valence-electron chi connectivity index (χ2n) is 6.95. The van der Waals surface area contributed by atoms with Gasteiger partial charge >= 0.3 is 0 Å². The van der Waals surface area contributed by atoms with E-state index in [0.29, 0.717) is 6.04 Å². The normalized spacial score (nSPS) is 34.6. The van der Waals surface area contributed by atoms with Gasteiger partial charge in [0.1, 0.15) is 5.54 Å². The molecule has 1 heterocycles. The summed E-state index contributed by atoms with van der Waals surface area (Å²) < 4.78 is 5.81. The van der Waals surface area contributed by atoms with E-state index in [9.17, 15) is 5.26 Å². The van der Waals surface area contributed by atoms with Gasteiger partial charge in [-0.15, -0.1) is 0 Å². The Kier molecular flexibility index (Phi) is 5.06. The molecule has 20 heavy (non-hydrogen) atoms. The van der Waals surface area contributed by atoms with Crippen molar-refractivity contribution in [1.82, 2.24) is 10.2 Å². The fraction of sp³-hybridized carbons (Fsp3) is 0.938. The van der Waals surface area contributed by atoms with Crippen LogP contribution in [0.1, 0.15) is 52.9 Å². The molecule has 114 valence electrons. The topological polar surface area (TPSA) is 48.3 Å². The van der Waals surface area contributed by atoms with E-state index in [1.807, 2.05) is 0 Å². The van der Waals surface area contributed by atoms with Gasteiger partial charge < -0.3 is 4.74 Å². The Morgan fingerprint density at radius 1 is 1.45 bits per heavy atom. The first-order valence-electron chi connectivity index (χ1n) is 8.04. The molecule has 0 spiro atoms. The molecule has 2 rings (SSSR count). The lowest BCUT2D eigenvalue weighted by Gasteiger charge is -2.46. The first-order chi connectivity index (χ1) is 9.50. The van der Waals surface area contributed by atoms with Gasteiger partial charge in [-0.1, -0.05) is 6.92 Å². The quantitative estimate of drug-likeness (QED) is 0.858. The molecular weight excluding hydrogens is 250 g/mol. The van der Waals surface area contributed by atoms with Crippen LogP contribution in [0.25, 0.3) is 0 Å². The first-order valence-corrected chi connectivity index (χ1v) is 8.04. The Balaban J connectivity index is 2.00. The monoisotopic (exact) mass is 279 g/mol. The van der Waals surface area contributed by atoms with E-state index in [1.165, 1.54) is 6.42 Å². The van der Waals surface area contributed by atoms with Crippen LogP contribution in [-0.2, 0) is 4.74 Å². The molecule has 1 saturated carbocycles. The van der Waals surface area contributed by atoms with E-state index in [4.69, 9.17) is 4.74 Å². The number of nitriles is 1. The van der Waals surface area contributed by atoms with Crippen molar-refractivity contribution in [1.29, 1.82) is 5.26 Å². The Morgan fingerprint density at radius 2 is 2.25 bits per heavy atom. The average Bonchev–Trinajstić information content (AvgIpc) is 2.44. The third kappa shape index (κ3) is 3.72. The molecule has 0 aromatic rings. The van der Waals surface area contributed by atoms with Crippen LogP contribution in [0.2, 0.25) is 0 Å². The SMILES string of the molecule is CCCNC1(C#N)CCCC(N2CCOC(C)(C)C2)C1. The fourth-order valence-corrected chi connectivity index (χ4v) is 3.59. The summed E-state index contributed by atoms with van der Waals surface area (Å²) in [4.78, 5) is 2.54. The molecule has 1 saturated heterocycles. The highest BCUT2D eigenvalue weighted by atomic mass is 16.5. The minimum Gasteiger partial charge on any atom is -0.373 e. The van der Waals surface area contributed by atoms with Crippen molar-refractivity contribution in [3.8, 4) is 6.07 Å². The van der Waals surface area contributed by atoms with Crippen LogP contribution >= 0.6 is 0 Å². The van der Waals surface area contributed by atoms with Crippen molar-refractivity contribution in [3.05, 3.63) is 0 Å². The molecule has 4 nitrogen and oxygen atoms in total. The van der Waals surface area contributed by atoms with Gasteiger partial charge in [0.2, 0.25) is 0 Å². The maximum atomic E-state index is 9.63. The number of hydrogen-bond acceptors (Lipinski definition) is 4. The third-order valence-electron chi connectivity index (χ3n) is 4.62. The number of nitrogens with one attached hydrogen (secondary N) is 1. The van der Waals surface area contributed by atoms with Crippen molar-refractivity contribution in [3.63, 3.8) is 0 Å². The smallest absolute Gasteiger partial charge is 0.108 e. The van der Waals surface area contributed by atoms with E-state index in [1.54, 1.807) is 0 Å². The zero-order valence-electron chi connectivity index (χ0n) is 13.2. The summed E-state index contributed by atoms with van der Waals surface area (Å²) in [7, 11) is 0. The molecule has 0 bridgehead atoms. The number of rotatable bonds is 4. The Morgan fingerprint density at radius 3 is 2.90 bits per heavy atom. The first kappa shape index (κ1) is 15.8. The lowest BCUT2D eigenvalue weighted by Crippen LogP contribution is -2.57. The number of nitrogens with zero attached hydrogens (tertiary/aromatic N) is 2. The number of morpholine rings is 1. The Bertz CT molecular complexity index is 363. The average molecular weight is 279 g/mol. The Labute approximate surface area is 123 Å². The summed E-state index contributed by atoms with van der Waals surface area (Å²) >= 11 is 0. The van der Waals surface area contributed by atoms with Crippen LogP contribution in [0, 0.1) is 11.3 Å². The molecule has 1 aliphatic carbocycles. The minimum atomic E-state index is -0.304. The molecule has 4 heteroatoms. The van der Waals surface area contributed by atoms with Crippen molar-refractivity contribution in [2.75, 3.05) is 26.2 Å². The largest absolute Gasteiger partial charge is 0.373 e. The predicted octanol–water partition coefficient (Wildman–Crippen LogP) is 2.30. The van der Waals surface area contributed by atoms with Gasteiger partial charge in [-0.3, -0.25) is 10.2 Å². The molecule has 0 amide bonds. The van der Waals surface area contributed by atoms with E-state index in [2.05, 4.69) is 37.1 Å². The third-order valence-corrected chi connectivity index (χ3v) is 4.62. The second-order valence-corrected chi connectivity index (χ2v) is 6.95. The molecule has 2 unspecified atom stereocenters. The zero-order valence-corrected chi connectivity index (χ0v) is 13.2. The molecule has 2 atom stereocenters. The van der Waals surface area contributed by atoms with Crippen molar-refractivity contribution in [2.45, 2.75) is 70.1 Å². The van der Waals surface area contributed by atoms with Gasteiger partial charge in [-0.05, 0) is 52.5 Å². The minimum absolute atomic E-state index is 0.0537. The summed E-state index contributed by atoms with van der Waals surface area (Å²) in [6.07, 6.45) is 5.39. The maximum Gasteiger partial charge on any atom is 0.108 e. The van der Waals surface area contributed by atoms with E-state index < -0.39 is 0 Å². The standard InChI is InChI=1S/C16H29N3O/c1-4-8-18-16(12-17)7-5-6-14(11-16)19-9-10-20-15(2,3)13-19/h14,18H,4-11,13H2,1-3H3. The van der Waals surface area contributed by atoms with Crippen LogP contribution in [-0.4, -0.2) is 48.3 Å². The van der Waals surface area contributed by atoms with E-state index in [-0.39, 0.29) is 11.1 Å². The number of hydrogen-bond donors (Lipinski definition) is 1. The second kappa shape index (κ2) is 6.43. The number of ether oxygens (including phenoxy) is 1. The summed E-state index contributed by atoms with van der Waals surface area (Å²) in [5, 5.41) is 13.1. The highest BCUT2D eigenvalue weighted by molar-refractivity contribution is 5.11. The molecule has 0 radical (unpaired) electrons. The van der Waals surface area contributed by atoms with Crippen molar-refractivity contribution >= 4 is 0 Å². The lowest BCUT2D eigenvalue weighted by molar-refractivity contribution is -0.102. The fourth-order valence-electron chi connectivity index (χ4n) is 3.59. The molecule has 1 N–H and O–H groups in total. The molecule has 1 aliphatic heterocycles. The van der Waals surface area contributed by atoms with Crippen LogP contribution in [0.15, 0.2) is 0 Å². The van der Waals surface area contributed by atoms with Crippen LogP contribution in [0.3, 0.4) is 0 Å². The van der Waals surface area contributed by atoms with Gasteiger partial charge in [-0.2, -0.15) is 5.26 Å². The highest BCUT2D eigenvalue weighted by Crippen LogP contribution is 2.33. The van der Waals surface area contributed by atoms with Gasteiger partial charge in [-0.25, -0.2) is 0 Å². The van der Waals surface area contributed by atoms with Crippen LogP contribution < -0.4 is 5.32 Å². The summed E-state index contributed by atoms with van der Waals surface area (Å²) in [5.74, 6) is 0. The van der Waals surface area contributed by atoms with Crippen molar-refractivity contribution in [2.24, 2.45) is 0 Å². The maximum absolute atomic E-state index is 9.63. The molecule has 0 aromatic carbocycles. The van der Waals surface area contributed by atoms with Crippen LogP contribution in [0.5, 0.6) is 0 Å². The zero-order chi connectivity index (χ0) is 14.6. The van der Waals surface area contributed by atoms with Crippen molar-refractivity contribution < 1.29 is 4.74 Å². The molecular formula is C16H29N3O. The lowest BCUT2D eigenvalue weighted by atomic mass is 9.79.